The zero-order valence-corrected chi connectivity index (χ0v) is 12.5. The number of nitrogens with zero attached hydrogens (tertiary/aromatic N) is 2. The summed E-state index contributed by atoms with van der Waals surface area (Å²) in [5, 5.41) is 3.62. The number of hydrogen-bond acceptors (Lipinski definition) is 3. The fourth-order valence-corrected chi connectivity index (χ4v) is 3.12. The van der Waals surface area contributed by atoms with E-state index in [1.54, 1.807) is 0 Å². The van der Waals surface area contributed by atoms with Crippen molar-refractivity contribution in [3.8, 4) is 0 Å². The Bertz CT molecular complexity index is 366. The Hall–Kier alpha value is -0.930. The molecule has 1 aliphatic rings. The van der Waals surface area contributed by atoms with Gasteiger partial charge in [-0.25, -0.2) is 0 Å². The molecule has 0 saturated carbocycles. The summed E-state index contributed by atoms with van der Waals surface area (Å²) in [4.78, 5) is 6.82. The molecule has 0 aliphatic carbocycles. The van der Waals surface area contributed by atoms with Crippen LogP contribution in [-0.2, 0) is 6.42 Å². The summed E-state index contributed by atoms with van der Waals surface area (Å²) in [6.45, 7) is 10.4. The molecule has 1 aromatic heterocycles. The number of aromatic nitrogens is 1. The Morgan fingerprint density at radius 1 is 1.42 bits per heavy atom. The molecular formula is C16H27N3. The molecule has 3 heteroatoms. The fourth-order valence-electron chi connectivity index (χ4n) is 3.12. The van der Waals surface area contributed by atoms with Crippen molar-refractivity contribution in [2.75, 3.05) is 19.6 Å². The molecule has 19 heavy (non-hydrogen) atoms. The average molecular weight is 261 g/mol. The molecule has 1 aliphatic heterocycles. The van der Waals surface area contributed by atoms with Crippen LogP contribution in [0.25, 0.3) is 0 Å². The molecule has 0 aromatic carbocycles. The van der Waals surface area contributed by atoms with Crippen molar-refractivity contribution in [2.24, 2.45) is 5.92 Å². The lowest BCUT2D eigenvalue weighted by molar-refractivity contribution is 0.0867. The zero-order valence-electron chi connectivity index (χ0n) is 12.5. The summed E-state index contributed by atoms with van der Waals surface area (Å²) in [5.41, 5.74) is 1.34. The first-order chi connectivity index (χ1) is 9.22. The van der Waals surface area contributed by atoms with E-state index in [-0.39, 0.29) is 0 Å². The van der Waals surface area contributed by atoms with Crippen molar-refractivity contribution in [1.82, 2.24) is 15.2 Å². The van der Waals surface area contributed by atoms with Gasteiger partial charge in [-0.1, -0.05) is 19.9 Å². The average Bonchev–Trinajstić information content (AvgIpc) is 2.44. The van der Waals surface area contributed by atoms with Crippen molar-refractivity contribution in [3.05, 3.63) is 30.1 Å². The van der Waals surface area contributed by atoms with Crippen LogP contribution in [0.4, 0.5) is 0 Å². The predicted molar refractivity (Wildman–Crippen MR) is 80.2 cm³/mol. The lowest BCUT2D eigenvalue weighted by Gasteiger charge is -2.43. The van der Waals surface area contributed by atoms with Crippen LogP contribution in [-0.4, -0.2) is 41.6 Å². The molecule has 3 unspecified atom stereocenters. The highest BCUT2D eigenvalue weighted by Crippen LogP contribution is 2.23. The molecule has 2 rings (SSSR count). The normalized spacial score (nSPS) is 28.5. The fraction of sp³-hybridized carbons (Fsp3) is 0.688. The van der Waals surface area contributed by atoms with Crippen LogP contribution in [0, 0.1) is 5.92 Å². The maximum Gasteiger partial charge on any atom is 0.0300 e. The van der Waals surface area contributed by atoms with Crippen LogP contribution in [0.3, 0.4) is 0 Å². The summed E-state index contributed by atoms with van der Waals surface area (Å²) >= 11 is 0. The first-order valence-electron chi connectivity index (χ1n) is 7.58. The van der Waals surface area contributed by atoms with Gasteiger partial charge in [0.05, 0.1) is 0 Å². The van der Waals surface area contributed by atoms with E-state index in [0.29, 0.717) is 12.1 Å². The van der Waals surface area contributed by atoms with Gasteiger partial charge in [-0.2, -0.15) is 0 Å². The Balaban J connectivity index is 1.85. The van der Waals surface area contributed by atoms with Gasteiger partial charge in [0.2, 0.25) is 0 Å². The summed E-state index contributed by atoms with van der Waals surface area (Å²) in [6.07, 6.45) is 6.21. The number of nitrogens with one attached hydrogen (secondary N) is 1. The number of rotatable bonds is 5. The largest absolute Gasteiger partial charge is 0.314 e. The molecule has 1 N–H and O–H groups in total. The standard InChI is InChI=1S/C16H27N3/c1-4-18-16-8-11-19(14(3)13(16)2)10-7-15-6-5-9-17-12-15/h5-6,9,12-14,16,18H,4,7-8,10-11H2,1-3H3. The lowest BCUT2D eigenvalue weighted by Crippen LogP contribution is -2.53. The van der Waals surface area contributed by atoms with E-state index in [1.165, 1.54) is 18.5 Å². The van der Waals surface area contributed by atoms with E-state index >= 15 is 0 Å². The van der Waals surface area contributed by atoms with Crippen molar-refractivity contribution in [2.45, 2.75) is 45.7 Å². The molecule has 1 saturated heterocycles. The highest BCUT2D eigenvalue weighted by Gasteiger charge is 2.31. The van der Waals surface area contributed by atoms with Crippen LogP contribution in [0.1, 0.15) is 32.8 Å². The van der Waals surface area contributed by atoms with Gasteiger partial charge in [0.15, 0.2) is 0 Å². The van der Waals surface area contributed by atoms with Crippen molar-refractivity contribution < 1.29 is 0 Å². The third kappa shape index (κ3) is 3.77. The molecule has 1 aromatic rings. The SMILES string of the molecule is CCNC1CCN(CCc2cccnc2)C(C)C1C. The maximum absolute atomic E-state index is 4.19. The second-order valence-corrected chi connectivity index (χ2v) is 5.70. The number of likely N-dealkylation sites (tertiary alicyclic amines) is 1. The van der Waals surface area contributed by atoms with Gasteiger partial charge in [0.1, 0.15) is 0 Å². The van der Waals surface area contributed by atoms with E-state index in [9.17, 15) is 0 Å². The maximum atomic E-state index is 4.19. The minimum atomic E-state index is 0.662. The Kier molecular flexibility index (Phi) is 5.34. The van der Waals surface area contributed by atoms with Gasteiger partial charge >= 0.3 is 0 Å². The first kappa shape index (κ1) is 14.5. The topological polar surface area (TPSA) is 28.2 Å². The van der Waals surface area contributed by atoms with Crippen LogP contribution >= 0.6 is 0 Å². The third-order valence-corrected chi connectivity index (χ3v) is 4.58. The van der Waals surface area contributed by atoms with Crippen LogP contribution in [0.2, 0.25) is 0 Å². The first-order valence-corrected chi connectivity index (χ1v) is 7.58. The van der Waals surface area contributed by atoms with E-state index < -0.39 is 0 Å². The van der Waals surface area contributed by atoms with E-state index in [4.69, 9.17) is 0 Å². The Morgan fingerprint density at radius 2 is 2.26 bits per heavy atom. The van der Waals surface area contributed by atoms with Gasteiger partial charge in [0, 0.05) is 31.0 Å². The highest BCUT2D eigenvalue weighted by atomic mass is 15.2. The molecule has 1 fully saturated rings. The summed E-state index contributed by atoms with van der Waals surface area (Å²) in [5.74, 6) is 0.725. The molecule has 2 heterocycles. The monoisotopic (exact) mass is 261 g/mol. The molecule has 0 bridgehead atoms. The van der Waals surface area contributed by atoms with Gasteiger partial charge in [-0.15, -0.1) is 0 Å². The minimum absolute atomic E-state index is 0.662. The van der Waals surface area contributed by atoms with Crippen LogP contribution < -0.4 is 5.32 Å². The summed E-state index contributed by atoms with van der Waals surface area (Å²) in [6, 6.07) is 5.55. The molecule has 3 atom stereocenters. The molecule has 3 nitrogen and oxygen atoms in total. The van der Waals surface area contributed by atoms with Gasteiger partial charge in [0.25, 0.3) is 0 Å². The zero-order chi connectivity index (χ0) is 13.7. The van der Waals surface area contributed by atoms with Crippen molar-refractivity contribution in [1.29, 1.82) is 0 Å². The van der Waals surface area contributed by atoms with E-state index in [2.05, 4.69) is 42.0 Å². The van der Waals surface area contributed by atoms with Crippen molar-refractivity contribution >= 4 is 0 Å². The van der Waals surface area contributed by atoms with Gasteiger partial charge in [-0.3, -0.25) is 9.88 Å². The van der Waals surface area contributed by atoms with E-state index in [1.807, 2.05) is 18.5 Å². The Labute approximate surface area is 117 Å². The third-order valence-electron chi connectivity index (χ3n) is 4.58. The smallest absolute Gasteiger partial charge is 0.0300 e. The number of hydrogen-bond donors (Lipinski definition) is 1. The lowest BCUT2D eigenvalue weighted by atomic mass is 9.87. The van der Waals surface area contributed by atoms with Gasteiger partial charge in [-0.05, 0) is 50.4 Å². The van der Waals surface area contributed by atoms with Crippen molar-refractivity contribution in [3.63, 3.8) is 0 Å². The molecule has 0 amide bonds. The highest BCUT2D eigenvalue weighted by molar-refractivity contribution is 5.09. The second kappa shape index (κ2) is 7.01. The quantitative estimate of drug-likeness (QED) is 0.882. The molecule has 0 spiro atoms. The van der Waals surface area contributed by atoms with Crippen LogP contribution in [0.5, 0.6) is 0 Å². The van der Waals surface area contributed by atoms with Crippen LogP contribution in [0.15, 0.2) is 24.5 Å². The number of pyridine rings is 1. The second-order valence-electron chi connectivity index (χ2n) is 5.70. The Morgan fingerprint density at radius 3 is 2.95 bits per heavy atom. The molecular weight excluding hydrogens is 234 g/mol. The van der Waals surface area contributed by atoms with Gasteiger partial charge < -0.3 is 5.32 Å². The predicted octanol–water partition coefficient (Wildman–Crippen LogP) is 2.33. The minimum Gasteiger partial charge on any atom is -0.314 e. The summed E-state index contributed by atoms with van der Waals surface area (Å²) < 4.78 is 0. The molecule has 106 valence electrons. The summed E-state index contributed by atoms with van der Waals surface area (Å²) in [7, 11) is 0. The molecule has 0 radical (unpaired) electrons. The van der Waals surface area contributed by atoms with E-state index in [0.717, 1.165) is 25.4 Å². The number of piperidine rings is 1.